The smallest absolute Gasteiger partial charge is 0.306 e. The van der Waals surface area contributed by atoms with E-state index in [1.54, 1.807) is 19.9 Å². The van der Waals surface area contributed by atoms with Crippen molar-refractivity contribution in [1.82, 2.24) is 0 Å². The van der Waals surface area contributed by atoms with Crippen LogP contribution >= 0.6 is 11.6 Å². The first kappa shape index (κ1) is 35.3. The van der Waals surface area contributed by atoms with E-state index in [9.17, 15) is 44.5 Å². The molecule has 0 bridgehead atoms. The van der Waals surface area contributed by atoms with Gasteiger partial charge >= 0.3 is 11.9 Å². The summed E-state index contributed by atoms with van der Waals surface area (Å²) in [5.74, 6) is -3.77. The molecule has 4 rings (SSSR count). The van der Waals surface area contributed by atoms with Gasteiger partial charge in [-0.1, -0.05) is 38.5 Å². The normalized spacial score (nSPS) is 35.9. The van der Waals surface area contributed by atoms with E-state index in [-0.39, 0.29) is 63.4 Å². The van der Waals surface area contributed by atoms with E-state index in [1.807, 2.05) is 13.0 Å². The van der Waals surface area contributed by atoms with Crippen LogP contribution in [0.5, 0.6) is 0 Å². The average Bonchev–Trinajstić information content (AvgIpc) is 3.19. The number of nitrogens with zero attached hydrogens (tertiary/aromatic N) is 2. The van der Waals surface area contributed by atoms with Crippen LogP contribution in [0.4, 0.5) is 0 Å². The molecule has 16 heteroatoms. The Labute approximate surface area is 269 Å². The second-order valence-corrected chi connectivity index (χ2v) is 13.6. The number of carbonyl (C=O) groups excluding carboxylic acids is 4. The topological polar surface area (TPSA) is 212 Å². The summed E-state index contributed by atoms with van der Waals surface area (Å²) in [5, 5.41) is 30.8. The summed E-state index contributed by atoms with van der Waals surface area (Å²) in [5.41, 5.74) is -3.08. The quantitative estimate of drug-likeness (QED) is 0.0703. The maximum absolute atomic E-state index is 14.2. The molecule has 0 radical (unpaired) electrons. The molecule has 0 aromatic carbocycles. The number of carbonyl (C=O) groups is 4. The summed E-state index contributed by atoms with van der Waals surface area (Å²) in [7, 11) is 0. The lowest BCUT2D eigenvalue weighted by molar-refractivity contribution is -0.757. The molecule has 2 fully saturated rings. The van der Waals surface area contributed by atoms with Crippen molar-refractivity contribution in [3.8, 4) is 0 Å². The third-order valence-electron chi connectivity index (χ3n) is 10.6. The standard InChI is InChI=1S/C30H39ClN2O13/c1-18-14-22-21-9-8-19-15-20(34)10-11-27(19,2)29(21,31)23(35)16-28(22,3)30(18,46-26(38)7-5-13-45-33(41)42)24(36)17-43-25(37)6-4-12-44-32(39)40/h8,10-11,18,21-23,35H,4-7,9,12-17H2,1-3H3/t18-,21?,22?,23-,27-,28-,29-,30-/m0/s1. The van der Waals surface area contributed by atoms with Crippen LogP contribution in [0.2, 0.25) is 0 Å². The van der Waals surface area contributed by atoms with Gasteiger partial charge in [0, 0.05) is 36.0 Å². The van der Waals surface area contributed by atoms with Crippen LogP contribution in [-0.4, -0.2) is 75.2 Å². The predicted octanol–water partition coefficient (Wildman–Crippen LogP) is 3.24. The Morgan fingerprint density at radius 3 is 2.26 bits per heavy atom. The molecule has 2 saturated carbocycles. The molecule has 15 nitrogen and oxygen atoms in total. The Balaban J connectivity index is 1.64. The molecule has 1 N–H and O–H groups in total. The van der Waals surface area contributed by atoms with Crippen LogP contribution in [-0.2, 0) is 38.3 Å². The number of ether oxygens (including phenoxy) is 2. The number of alkyl halides is 1. The largest absolute Gasteiger partial charge is 0.457 e. The zero-order valence-corrected chi connectivity index (χ0v) is 26.7. The van der Waals surface area contributed by atoms with E-state index < -0.39 is 73.7 Å². The van der Waals surface area contributed by atoms with Gasteiger partial charge in [-0.2, -0.15) is 0 Å². The highest BCUT2D eigenvalue weighted by Gasteiger charge is 2.76. The first-order chi connectivity index (χ1) is 21.5. The Morgan fingerprint density at radius 2 is 1.65 bits per heavy atom. The monoisotopic (exact) mass is 670 g/mol. The number of rotatable bonds is 14. The third-order valence-corrected chi connectivity index (χ3v) is 11.6. The lowest BCUT2D eigenvalue weighted by Crippen LogP contribution is -2.69. The minimum atomic E-state index is -1.86. The van der Waals surface area contributed by atoms with E-state index in [4.69, 9.17) is 21.1 Å². The fraction of sp³-hybridized carbons (Fsp3) is 0.733. The van der Waals surface area contributed by atoms with E-state index >= 15 is 0 Å². The third kappa shape index (κ3) is 5.98. The number of hydrogen-bond acceptors (Lipinski definition) is 13. The highest BCUT2D eigenvalue weighted by atomic mass is 35.5. The van der Waals surface area contributed by atoms with Gasteiger partial charge in [0.25, 0.3) is 10.2 Å². The van der Waals surface area contributed by atoms with Crippen molar-refractivity contribution in [2.45, 2.75) is 88.7 Å². The van der Waals surface area contributed by atoms with Crippen LogP contribution in [0.3, 0.4) is 0 Å². The van der Waals surface area contributed by atoms with Gasteiger partial charge in [0.15, 0.2) is 18.0 Å². The number of halogens is 1. The number of aliphatic hydroxyl groups is 1. The van der Waals surface area contributed by atoms with Crippen molar-refractivity contribution in [2.24, 2.45) is 28.6 Å². The maximum Gasteiger partial charge on any atom is 0.306 e. The van der Waals surface area contributed by atoms with Gasteiger partial charge in [-0.15, -0.1) is 31.8 Å². The second-order valence-electron chi connectivity index (χ2n) is 13.0. The van der Waals surface area contributed by atoms with Crippen molar-refractivity contribution in [1.29, 1.82) is 0 Å². The summed E-state index contributed by atoms with van der Waals surface area (Å²) in [4.78, 5) is 80.3. The van der Waals surface area contributed by atoms with Crippen molar-refractivity contribution >= 4 is 35.1 Å². The molecule has 0 aromatic rings. The van der Waals surface area contributed by atoms with E-state index in [1.165, 1.54) is 6.08 Å². The van der Waals surface area contributed by atoms with Crippen LogP contribution < -0.4 is 0 Å². The van der Waals surface area contributed by atoms with E-state index in [0.717, 1.165) is 5.57 Å². The molecule has 0 aromatic heterocycles. The molecule has 8 atom stereocenters. The van der Waals surface area contributed by atoms with Gasteiger partial charge in [0.2, 0.25) is 5.78 Å². The van der Waals surface area contributed by atoms with Gasteiger partial charge < -0.3 is 24.3 Å². The second kappa shape index (κ2) is 13.3. The fourth-order valence-electron chi connectivity index (χ4n) is 8.57. The molecule has 4 aliphatic rings. The molecule has 46 heavy (non-hydrogen) atoms. The van der Waals surface area contributed by atoms with Crippen LogP contribution in [0, 0.1) is 48.8 Å². The lowest BCUT2D eigenvalue weighted by atomic mass is 9.46. The highest BCUT2D eigenvalue weighted by Crippen LogP contribution is 2.71. The molecule has 4 aliphatic carbocycles. The van der Waals surface area contributed by atoms with Crippen molar-refractivity contribution in [3.05, 3.63) is 44.0 Å². The molecule has 254 valence electrons. The first-order valence-corrected chi connectivity index (χ1v) is 15.6. The summed E-state index contributed by atoms with van der Waals surface area (Å²) >= 11 is 7.50. The number of esters is 2. The summed E-state index contributed by atoms with van der Waals surface area (Å²) < 4.78 is 11.3. The van der Waals surface area contributed by atoms with Crippen molar-refractivity contribution in [3.63, 3.8) is 0 Å². The van der Waals surface area contributed by atoms with Gasteiger partial charge in [0.1, 0.15) is 0 Å². The van der Waals surface area contributed by atoms with Crippen LogP contribution in [0.1, 0.15) is 72.1 Å². The lowest BCUT2D eigenvalue weighted by Gasteiger charge is -2.63. The fourth-order valence-corrected chi connectivity index (χ4v) is 9.08. The zero-order valence-electron chi connectivity index (χ0n) is 25.9. The molecular weight excluding hydrogens is 632 g/mol. The molecule has 2 unspecified atom stereocenters. The minimum Gasteiger partial charge on any atom is -0.457 e. The Bertz CT molecular complexity index is 1350. The molecule has 0 aliphatic heterocycles. The number of Topliss-reactive ketones (excluding diaryl/α,β-unsaturated/α-hetero) is 1. The van der Waals surface area contributed by atoms with Crippen molar-refractivity contribution < 1.29 is 53.6 Å². The number of ketones is 2. The first-order valence-electron chi connectivity index (χ1n) is 15.3. The molecular formula is C30H39ClN2O13. The van der Waals surface area contributed by atoms with Crippen LogP contribution in [0.15, 0.2) is 23.8 Å². The van der Waals surface area contributed by atoms with E-state index in [0.29, 0.717) is 12.8 Å². The zero-order chi connectivity index (χ0) is 34.1. The highest BCUT2D eigenvalue weighted by molar-refractivity contribution is 6.26. The Kier molecular flexibility index (Phi) is 10.2. The minimum absolute atomic E-state index is 0.0312. The Morgan fingerprint density at radius 1 is 1.04 bits per heavy atom. The molecule has 0 saturated heterocycles. The number of aliphatic hydroxyl groups excluding tert-OH is 1. The van der Waals surface area contributed by atoms with Gasteiger partial charge in [-0.3, -0.25) is 19.2 Å². The predicted molar refractivity (Wildman–Crippen MR) is 157 cm³/mol. The number of fused-ring (bicyclic) bond motifs is 5. The van der Waals surface area contributed by atoms with Gasteiger partial charge in [0.05, 0.1) is 24.2 Å². The number of allylic oxidation sites excluding steroid dienone is 4. The van der Waals surface area contributed by atoms with Crippen LogP contribution in [0.25, 0.3) is 0 Å². The summed E-state index contributed by atoms with van der Waals surface area (Å²) in [6.07, 6.45) is 4.25. The van der Waals surface area contributed by atoms with E-state index in [2.05, 4.69) is 9.68 Å². The summed E-state index contributed by atoms with van der Waals surface area (Å²) in [6.45, 7) is 3.93. The SMILES string of the molecule is C[C@H]1CC2C3CC=C4CC(=O)C=C[C@]4(C)[C@@]3(Cl)[C@@H](O)C[C@]2(C)[C@@]1(OC(=O)CCCO[N+](=O)[O-])C(=O)COC(=O)CCCO[N+](=O)[O-]. The van der Waals surface area contributed by atoms with Gasteiger partial charge in [-0.25, -0.2) is 0 Å². The van der Waals surface area contributed by atoms with Crippen molar-refractivity contribution in [2.75, 3.05) is 19.8 Å². The molecule has 0 amide bonds. The summed E-state index contributed by atoms with van der Waals surface area (Å²) in [6, 6.07) is 0. The average molecular weight is 671 g/mol. The Hall–Kier alpha value is -3.59. The number of hydrogen-bond donors (Lipinski definition) is 1. The van der Waals surface area contributed by atoms with Gasteiger partial charge in [-0.05, 0) is 50.0 Å². The molecule has 0 spiro atoms. The molecule has 0 heterocycles. The maximum atomic E-state index is 14.2.